The largest absolute Gasteiger partial charge is 0.476 e. The molecule has 70 valence electrons. The molecule has 13 heavy (non-hydrogen) atoms. The Bertz CT molecular complexity index is 350. The monoisotopic (exact) mass is 186 g/mol. The van der Waals surface area contributed by atoms with Crippen molar-refractivity contribution in [2.24, 2.45) is 0 Å². The van der Waals surface area contributed by atoms with E-state index in [0.29, 0.717) is 12.8 Å². The predicted molar refractivity (Wildman–Crippen MR) is 40.2 cm³/mol. The SMILES string of the molecule is Nc1c[n+](C2(C(=O)O)CC2)[nH]c1F. The van der Waals surface area contributed by atoms with E-state index in [2.05, 4.69) is 5.10 Å². The van der Waals surface area contributed by atoms with E-state index in [9.17, 15) is 9.18 Å². The molecule has 0 aromatic carbocycles. The lowest BCUT2D eigenvalue weighted by molar-refractivity contribution is -0.778. The summed E-state index contributed by atoms with van der Waals surface area (Å²) in [4.78, 5) is 10.8. The summed E-state index contributed by atoms with van der Waals surface area (Å²) in [5.41, 5.74) is 4.20. The minimum atomic E-state index is -0.988. The molecule has 1 aromatic rings. The van der Waals surface area contributed by atoms with Crippen molar-refractivity contribution in [3.8, 4) is 0 Å². The number of halogens is 1. The molecule has 0 saturated heterocycles. The number of carboxylic acid groups (broad SMARTS) is 1. The highest BCUT2D eigenvalue weighted by atomic mass is 19.1. The fourth-order valence-electron chi connectivity index (χ4n) is 1.31. The summed E-state index contributed by atoms with van der Waals surface area (Å²) < 4.78 is 14.0. The second-order valence-corrected chi connectivity index (χ2v) is 3.22. The minimum absolute atomic E-state index is 0.0625. The summed E-state index contributed by atoms with van der Waals surface area (Å²) in [5, 5.41) is 11.1. The molecule has 0 radical (unpaired) electrons. The Morgan fingerprint density at radius 3 is 2.69 bits per heavy atom. The van der Waals surface area contributed by atoms with Crippen LogP contribution in [-0.4, -0.2) is 16.2 Å². The van der Waals surface area contributed by atoms with Crippen LogP contribution in [0.25, 0.3) is 0 Å². The molecule has 0 spiro atoms. The average Bonchev–Trinajstić information content (AvgIpc) is 2.77. The van der Waals surface area contributed by atoms with Crippen LogP contribution in [0.5, 0.6) is 0 Å². The quantitative estimate of drug-likeness (QED) is 0.549. The number of H-pyrrole nitrogens is 1. The fraction of sp³-hybridized carbons (Fsp3) is 0.429. The maximum Gasteiger partial charge on any atom is 0.379 e. The number of nitrogens with two attached hydrogens (primary N) is 1. The highest BCUT2D eigenvalue weighted by molar-refractivity contribution is 5.77. The zero-order valence-corrected chi connectivity index (χ0v) is 6.75. The van der Waals surface area contributed by atoms with Gasteiger partial charge in [-0.1, -0.05) is 4.68 Å². The Morgan fingerprint density at radius 2 is 2.38 bits per heavy atom. The second kappa shape index (κ2) is 2.21. The number of aromatic nitrogens is 2. The summed E-state index contributed by atoms with van der Waals surface area (Å²) in [6.07, 6.45) is 2.29. The number of carbonyl (C=O) groups is 1. The molecule has 1 fully saturated rings. The number of nitrogens with zero attached hydrogens (tertiary/aromatic N) is 1. The highest BCUT2D eigenvalue weighted by Gasteiger charge is 2.62. The molecule has 1 heterocycles. The maximum atomic E-state index is 12.8. The number of anilines is 1. The van der Waals surface area contributed by atoms with Crippen LogP contribution in [0.2, 0.25) is 0 Å². The Morgan fingerprint density at radius 1 is 1.77 bits per heavy atom. The van der Waals surface area contributed by atoms with Crippen molar-refractivity contribution in [1.82, 2.24) is 5.10 Å². The lowest BCUT2D eigenvalue weighted by atomic mass is 10.3. The summed E-state index contributed by atoms with van der Waals surface area (Å²) in [5.74, 6) is -1.65. The van der Waals surface area contributed by atoms with E-state index in [1.54, 1.807) is 0 Å². The number of hydrogen-bond donors (Lipinski definition) is 3. The van der Waals surface area contributed by atoms with Gasteiger partial charge in [-0.05, 0) is 0 Å². The Labute approximate surface area is 73.0 Å². The van der Waals surface area contributed by atoms with E-state index in [4.69, 9.17) is 10.8 Å². The molecule has 1 aliphatic rings. The smallest absolute Gasteiger partial charge is 0.379 e. The van der Waals surface area contributed by atoms with Crippen molar-refractivity contribution in [2.75, 3.05) is 5.73 Å². The van der Waals surface area contributed by atoms with Crippen molar-refractivity contribution in [1.29, 1.82) is 0 Å². The van der Waals surface area contributed by atoms with Gasteiger partial charge in [-0.25, -0.2) is 4.79 Å². The molecular weight excluding hydrogens is 177 g/mol. The van der Waals surface area contributed by atoms with Crippen molar-refractivity contribution in [3.05, 3.63) is 12.1 Å². The first-order valence-electron chi connectivity index (χ1n) is 3.86. The van der Waals surface area contributed by atoms with E-state index in [1.807, 2.05) is 0 Å². The van der Waals surface area contributed by atoms with Gasteiger partial charge < -0.3 is 10.8 Å². The molecule has 0 aliphatic heterocycles. The second-order valence-electron chi connectivity index (χ2n) is 3.22. The Balaban J connectivity index is 2.41. The number of nitrogen functional groups attached to an aromatic ring is 1. The third kappa shape index (κ3) is 0.980. The highest BCUT2D eigenvalue weighted by Crippen LogP contribution is 2.38. The standard InChI is InChI=1S/C7H8FN3O2/c8-5-4(9)3-11(10-5)7(1-2-7)6(12)13/h3H,1-2,9H2,(H,12,13)/p+1. The molecule has 6 heteroatoms. The van der Waals surface area contributed by atoms with Crippen LogP contribution in [0.1, 0.15) is 12.8 Å². The number of hydrogen-bond acceptors (Lipinski definition) is 2. The molecule has 2 rings (SSSR count). The number of aromatic amines is 1. The molecule has 1 saturated carbocycles. The molecule has 4 N–H and O–H groups in total. The fourth-order valence-corrected chi connectivity index (χ4v) is 1.31. The van der Waals surface area contributed by atoms with E-state index >= 15 is 0 Å². The van der Waals surface area contributed by atoms with Gasteiger partial charge >= 0.3 is 5.97 Å². The van der Waals surface area contributed by atoms with Crippen LogP contribution >= 0.6 is 0 Å². The molecule has 0 amide bonds. The van der Waals surface area contributed by atoms with E-state index < -0.39 is 17.5 Å². The van der Waals surface area contributed by atoms with Gasteiger partial charge in [0.05, 0.1) is 0 Å². The molecule has 0 atom stereocenters. The molecule has 5 nitrogen and oxygen atoms in total. The van der Waals surface area contributed by atoms with Crippen LogP contribution in [0.3, 0.4) is 0 Å². The van der Waals surface area contributed by atoms with Gasteiger partial charge in [0, 0.05) is 12.8 Å². The summed E-state index contributed by atoms with van der Waals surface area (Å²) >= 11 is 0. The Hall–Kier alpha value is -1.59. The first-order chi connectivity index (χ1) is 6.06. The summed E-state index contributed by atoms with van der Waals surface area (Å²) in [7, 11) is 0. The number of aliphatic carboxylic acids is 1. The molecular formula is C7H9FN3O2+. The van der Waals surface area contributed by atoms with Gasteiger partial charge in [-0.3, -0.25) is 0 Å². The van der Waals surface area contributed by atoms with Crippen LogP contribution in [0, 0.1) is 5.95 Å². The third-order valence-corrected chi connectivity index (χ3v) is 2.32. The predicted octanol–water partition coefficient (Wildman–Crippen LogP) is -0.403. The molecule has 0 unspecified atom stereocenters. The van der Waals surface area contributed by atoms with E-state index in [1.165, 1.54) is 10.9 Å². The van der Waals surface area contributed by atoms with Gasteiger partial charge in [0.15, 0.2) is 5.69 Å². The van der Waals surface area contributed by atoms with Crippen molar-refractivity contribution < 1.29 is 19.0 Å². The minimum Gasteiger partial charge on any atom is -0.476 e. The van der Waals surface area contributed by atoms with E-state index in [-0.39, 0.29) is 5.69 Å². The lowest BCUT2D eigenvalue weighted by Crippen LogP contribution is -2.52. The van der Waals surface area contributed by atoms with Gasteiger partial charge in [0.1, 0.15) is 0 Å². The summed E-state index contributed by atoms with van der Waals surface area (Å²) in [6.45, 7) is 0. The van der Waals surface area contributed by atoms with Gasteiger partial charge in [0.2, 0.25) is 6.20 Å². The third-order valence-electron chi connectivity index (χ3n) is 2.32. The van der Waals surface area contributed by atoms with Crippen molar-refractivity contribution >= 4 is 11.7 Å². The summed E-state index contributed by atoms with van der Waals surface area (Å²) in [6, 6.07) is 0. The topological polar surface area (TPSA) is 83.0 Å². The van der Waals surface area contributed by atoms with Crippen LogP contribution in [-0.2, 0) is 10.3 Å². The van der Waals surface area contributed by atoms with Gasteiger partial charge in [-0.2, -0.15) is 4.39 Å². The van der Waals surface area contributed by atoms with E-state index in [0.717, 1.165) is 0 Å². The number of carboxylic acids is 1. The van der Waals surface area contributed by atoms with Gasteiger partial charge in [0.25, 0.3) is 11.5 Å². The average molecular weight is 186 g/mol. The van der Waals surface area contributed by atoms with Crippen molar-refractivity contribution in [2.45, 2.75) is 18.4 Å². The number of rotatable bonds is 2. The Kier molecular flexibility index (Phi) is 1.37. The maximum absolute atomic E-state index is 12.8. The first kappa shape index (κ1) is 8.03. The zero-order chi connectivity index (χ0) is 9.64. The first-order valence-corrected chi connectivity index (χ1v) is 3.86. The molecule has 0 bridgehead atoms. The lowest BCUT2D eigenvalue weighted by Gasteiger charge is -1.98. The number of nitrogens with one attached hydrogen (secondary N) is 1. The van der Waals surface area contributed by atoms with Crippen LogP contribution in [0.4, 0.5) is 10.1 Å². The van der Waals surface area contributed by atoms with Crippen LogP contribution < -0.4 is 10.4 Å². The molecule has 1 aliphatic carbocycles. The van der Waals surface area contributed by atoms with Gasteiger partial charge in [-0.15, -0.1) is 5.10 Å². The molecule has 1 aromatic heterocycles. The van der Waals surface area contributed by atoms with Crippen molar-refractivity contribution in [3.63, 3.8) is 0 Å². The van der Waals surface area contributed by atoms with Crippen LogP contribution in [0.15, 0.2) is 6.20 Å². The zero-order valence-electron chi connectivity index (χ0n) is 6.75. The normalized spacial score (nSPS) is 18.5.